The average molecular weight is 193 g/mol. The van der Waals surface area contributed by atoms with Crippen LogP contribution in [0.2, 0.25) is 5.02 Å². The zero-order valence-corrected chi connectivity index (χ0v) is 7.80. The molecule has 1 aliphatic rings. The van der Waals surface area contributed by atoms with Crippen LogP contribution in [0.3, 0.4) is 0 Å². The van der Waals surface area contributed by atoms with E-state index in [-0.39, 0.29) is 11.2 Å². The zero-order chi connectivity index (χ0) is 9.47. The number of terminal acetylenes is 1. The van der Waals surface area contributed by atoms with Crippen LogP contribution in [0.5, 0.6) is 5.75 Å². The average Bonchev–Trinajstić information content (AvgIpc) is 2.90. The maximum Gasteiger partial charge on any atom is 0.120 e. The van der Waals surface area contributed by atoms with Gasteiger partial charge in [-0.15, -0.1) is 6.42 Å². The van der Waals surface area contributed by atoms with E-state index < -0.39 is 0 Å². The van der Waals surface area contributed by atoms with Gasteiger partial charge >= 0.3 is 0 Å². The summed E-state index contributed by atoms with van der Waals surface area (Å²) in [5.74, 6) is 2.97. The van der Waals surface area contributed by atoms with Gasteiger partial charge in [0, 0.05) is 10.6 Å². The fourth-order valence-corrected chi connectivity index (χ4v) is 1.68. The number of benzene rings is 1. The van der Waals surface area contributed by atoms with Gasteiger partial charge in [-0.25, -0.2) is 0 Å². The fourth-order valence-electron chi connectivity index (χ4n) is 1.51. The van der Waals surface area contributed by atoms with Crippen LogP contribution in [0.4, 0.5) is 0 Å². The topological polar surface area (TPSA) is 20.2 Å². The van der Waals surface area contributed by atoms with Crippen molar-refractivity contribution in [3.05, 3.63) is 28.8 Å². The smallest absolute Gasteiger partial charge is 0.120 e. The number of hydrogen-bond donors (Lipinski definition) is 1. The van der Waals surface area contributed by atoms with Crippen LogP contribution in [0.25, 0.3) is 0 Å². The second-order valence-corrected chi connectivity index (χ2v) is 3.82. The molecule has 1 aromatic carbocycles. The maximum absolute atomic E-state index is 9.59. The lowest BCUT2D eigenvalue weighted by atomic mass is 9.96. The van der Waals surface area contributed by atoms with Crippen molar-refractivity contribution in [2.24, 2.45) is 0 Å². The Balaban J connectivity index is 2.52. The van der Waals surface area contributed by atoms with Gasteiger partial charge in [0.05, 0.1) is 5.41 Å². The molecule has 0 aromatic heterocycles. The Morgan fingerprint density at radius 3 is 2.69 bits per heavy atom. The van der Waals surface area contributed by atoms with Crippen molar-refractivity contribution in [2.45, 2.75) is 18.3 Å². The third-order valence-electron chi connectivity index (χ3n) is 2.50. The molecule has 2 heteroatoms. The maximum atomic E-state index is 9.59. The highest BCUT2D eigenvalue weighted by Gasteiger charge is 2.44. The minimum Gasteiger partial charge on any atom is -0.508 e. The molecule has 0 spiro atoms. The van der Waals surface area contributed by atoms with E-state index in [0.717, 1.165) is 18.4 Å². The summed E-state index contributed by atoms with van der Waals surface area (Å²) in [6.07, 6.45) is 7.30. The van der Waals surface area contributed by atoms with Gasteiger partial charge in [-0.05, 0) is 31.0 Å². The van der Waals surface area contributed by atoms with E-state index in [1.807, 2.05) is 0 Å². The molecule has 0 unspecified atom stereocenters. The predicted octanol–water partition coefficient (Wildman–Crippen LogP) is 2.71. The Morgan fingerprint density at radius 2 is 2.15 bits per heavy atom. The van der Waals surface area contributed by atoms with Gasteiger partial charge in [-0.2, -0.15) is 0 Å². The van der Waals surface area contributed by atoms with Gasteiger partial charge in [0.1, 0.15) is 5.75 Å². The first-order valence-corrected chi connectivity index (χ1v) is 4.52. The summed E-state index contributed by atoms with van der Waals surface area (Å²) < 4.78 is 0. The molecule has 1 aliphatic carbocycles. The van der Waals surface area contributed by atoms with Gasteiger partial charge in [-0.3, -0.25) is 0 Å². The SMILES string of the molecule is C#CC1(c2cc(Cl)ccc2O)CC1. The van der Waals surface area contributed by atoms with Gasteiger partial charge in [0.2, 0.25) is 0 Å². The molecule has 0 radical (unpaired) electrons. The number of halogens is 1. The third-order valence-corrected chi connectivity index (χ3v) is 2.74. The van der Waals surface area contributed by atoms with Crippen molar-refractivity contribution in [3.8, 4) is 18.1 Å². The molecule has 66 valence electrons. The standard InChI is InChI=1S/C11H9ClO/c1-2-11(5-6-11)9-7-8(12)3-4-10(9)13/h1,3-4,7,13H,5-6H2. The van der Waals surface area contributed by atoms with E-state index in [4.69, 9.17) is 18.0 Å². The highest BCUT2D eigenvalue weighted by Crippen LogP contribution is 2.50. The Morgan fingerprint density at radius 1 is 1.46 bits per heavy atom. The lowest BCUT2D eigenvalue weighted by molar-refractivity contribution is 0.465. The van der Waals surface area contributed by atoms with Crippen LogP contribution in [-0.2, 0) is 5.41 Å². The van der Waals surface area contributed by atoms with Crippen LogP contribution < -0.4 is 0 Å². The monoisotopic (exact) mass is 192 g/mol. The van der Waals surface area contributed by atoms with E-state index in [2.05, 4.69) is 5.92 Å². The molecule has 1 N–H and O–H groups in total. The summed E-state index contributed by atoms with van der Waals surface area (Å²) in [7, 11) is 0. The van der Waals surface area contributed by atoms with Crippen LogP contribution in [0.1, 0.15) is 18.4 Å². The Kier molecular flexibility index (Phi) is 1.75. The molecule has 0 aliphatic heterocycles. The van der Waals surface area contributed by atoms with Crippen molar-refractivity contribution in [1.82, 2.24) is 0 Å². The predicted molar refractivity (Wildman–Crippen MR) is 52.9 cm³/mol. The number of rotatable bonds is 1. The minimum absolute atomic E-state index is 0.241. The zero-order valence-electron chi connectivity index (χ0n) is 7.05. The number of aromatic hydroxyl groups is 1. The van der Waals surface area contributed by atoms with E-state index in [9.17, 15) is 5.11 Å². The largest absolute Gasteiger partial charge is 0.508 e. The van der Waals surface area contributed by atoms with Crippen LogP contribution in [0, 0.1) is 12.3 Å². The van der Waals surface area contributed by atoms with Crippen LogP contribution in [-0.4, -0.2) is 5.11 Å². The van der Waals surface area contributed by atoms with Crippen molar-refractivity contribution < 1.29 is 5.11 Å². The molecule has 1 aromatic rings. The van der Waals surface area contributed by atoms with Gasteiger partial charge in [-0.1, -0.05) is 17.5 Å². The van der Waals surface area contributed by atoms with Crippen LogP contribution in [0.15, 0.2) is 18.2 Å². The van der Waals surface area contributed by atoms with E-state index in [1.165, 1.54) is 0 Å². The second kappa shape index (κ2) is 2.68. The summed E-state index contributed by atoms with van der Waals surface area (Å²) in [4.78, 5) is 0. The minimum atomic E-state index is -0.241. The Bertz CT molecular complexity index is 386. The molecule has 0 bridgehead atoms. The molecule has 2 rings (SSSR count). The Hall–Kier alpha value is -1.13. The first-order chi connectivity index (χ1) is 6.18. The van der Waals surface area contributed by atoms with Gasteiger partial charge in [0.25, 0.3) is 0 Å². The number of phenols is 1. The summed E-state index contributed by atoms with van der Waals surface area (Å²) in [6, 6.07) is 5.01. The molecule has 1 nitrogen and oxygen atoms in total. The molecule has 0 atom stereocenters. The van der Waals surface area contributed by atoms with Gasteiger partial charge in [0.15, 0.2) is 0 Å². The van der Waals surface area contributed by atoms with E-state index in [1.54, 1.807) is 18.2 Å². The van der Waals surface area contributed by atoms with Crippen molar-refractivity contribution in [1.29, 1.82) is 0 Å². The molecular weight excluding hydrogens is 184 g/mol. The quantitative estimate of drug-likeness (QED) is 0.679. The van der Waals surface area contributed by atoms with Crippen LogP contribution >= 0.6 is 11.6 Å². The van der Waals surface area contributed by atoms with Crippen molar-refractivity contribution >= 4 is 11.6 Å². The fraction of sp³-hybridized carbons (Fsp3) is 0.273. The van der Waals surface area contributed by atoms with E-state index >= 15 is 0 Å². The molecule has 1 saturated carbocycles. The summed E-state index contributed by atoms with van der Waals surface area (Å²) in [6.45, 7) is 0. The van der Waals surface area contributed by atoms with Crippen molar-refractivity contribution in [2.75, 3.05) is 0 Å². The molecular formula is C11H9ClO. The molecule has 0 amide bonds. The van der Waals surface area contributed by atoms with Gasteiger partial charge < -0.3 is 5.11 Å². The molecule has 13 heavy (non-hydrogen) atoms. The lowest BCUT2D eigenvalue weighted by Gasteiger charge is -2.10. The number of phenolic OH excluding ortho intramolecular Hbond substituents is 1. The summed E-state index contributed by atoms with van der Waals surface area (Å²) in [5, 5.41) is 10.2. The third kappa shape index (κ3) is 1.28. The summed E-state index contributed by atoms with van der Waals surface area (Å²) >= 11 is 5.83. The second-order valence-electron chi connectivity index (χ2n) is 3.39. The molecule has 0 heterocycles. The first-order valence-electron chi connectivity index (χ1n) is 4.15. The highest BCUT2D eigenvalue weighted by molar-refractivity contribution is 6.30. The van der Waals surface area contributed by atoms with Crippen molar-refractivity contribution in [3.63, 3.8) is 0 Å². The first kappa shape index (κ1) is 8.47. The Labute approximate surface area is 82.3 Å². The highest BCUT2D eigenvalue weighted by atomic mass is 35.5. The molecule has 0 saturated heterocycles. The lowest BCUT2D eigenvalue weighted by Crippen LogP contribution is -2.02. The molecule has 1 fully saturated rings. The number of hydrogen-bond acceptors (Lipinski definition) is 1. The summed E-state index contributed by atoms with van der Waals surface area (Å²) in [5.41, 5.74) is 0.553. The van der Waals surface area contributed by atoms with E-state index in [0.29, 0.717) is 5.02 Å². The normalized spacial score (nSPS) is 17.8.